The van der Waals surface area contributed by atoms with Gasteiger partial charge in [0.15, 0.2) is 0 Å². The van der Waals surface area contributed by atoms with Crippen LogP contribution in [-0.2, 0) is 0 Å². The van der Waals surface area contributed by atoms with Gasteiger partial charge in [0.25, 0.3) is 5.69 Å². The predicted octanol–water partition coefficient (Wildman–Crippen LogP) is 2.53. The SMILES string of the molecule is NCCCCCCNc1ccc([N+](=O)[O-])cc1. The fourth-order valence-corrected chi connectivity index (χ4v) is 1.56. The van der Waals surface area contributed by atoms with Crippen molar-refractivity contribution in [2.24, 2.45) is 5.73 Å². The van der Waals surface area contributed by atoms with Crippen LogP contribution in [0.3, 0.4) is 0 Å². The lowest BCUT2D eigenvalue weighted by atomic mass is 10.2. The molecule has 0 aliphatic rings. The highest BCUT2D eigenvalue weighted by Crippen LogP contribution is 2.15. The second-order valence-electron chi connectivity index (χ2n) is 3.93. The maximum Gasteiger partial charge on any atom is 0.269 e. The summed E-state index contributed by atoms with van der Waals surface area (Å²) in [6.45, 7) is 1.65. The van der Waals surface area contributed by atoms with Gasteiger partial charge in [-0.1, -0.05) is 12.8 Å². The van der Waals surface area contributed by atoms with Gasteiger partial charge in [0, 0.05) is 24.4 Å². The summed E-state index contributed by atoms with van der Waals surface area (Å²) in [5.41, 5.74) is 6.45. The van der Waals surface area contributed by atoms with Crippen LogP contribution in [0.4, 0.5) is 11.4 Å². The Morgan fingerprint density at radius 3 is 2.35 bits per heavy atom. The van der Waals surface area contributed by atoms with E-state index in [1.54, 1.807) is 12.1 Å². The second kappa shape index (κ2) is 7.62. The monoisotopic (exact) mass is 237 g/mol. The number of non-ortho nitro benzene ring substituents is 1. The molecule has 0 heterocycles. The van der Waals surface area contributed by atoms with Crippen LogP contribution in [0.25, 0.3) is 0 Å². The third kappa shape index (κ3) is 5.31. The summed E-state index contributed by atoms with van der Waals surface area (Å²) in [5, 5.41) is 13.7. The highest BCUT2D eigenvalue weighted by molar-refractivity contribution is 5.48. The van der Waals surface area contributed by atoms with Gasteiger partial charge < -0.3 is 11.1 Å². The van der Waals surface area contributed by atoms with Gasteiger partial charge in [-0.3, -0.25) is 10.1 Å². The smallest absolute Gasteiger partial charge is 0.269 e. The number of hydrogen-bond acceptors (Lipinski definition) is 4. The molecule has 0 unspecified atom stereocenters. The van der Waals surface area contributed by atoms with E-state index in [1.165, 1.54) is 18.6 Å². The van der Waals surface area contributed by atoms with Gasteiger partial charge in [0.2, 0.25) is 0 Å². The number of rotatable bonds is 8. The zero-order valence-electron chi connectivity index (χ0n) is 9.89. The maximum absolute atomic E-state index is 10.4. The number of unbranched alkanes of at least 4 members (excludes halogenated alkanes) is 3. The lowest BCUT2D eigenvalue weighted by Crippen LogP contribution is -2.02. The average Bonchev–Trinajstić information content (AvgIpc) is 2.34. The third-order valence-electron chi connectivity index (χ3n) is 2.54. The van der Waals surface area contributed by atoms with Gasteiger partial charge in [-0.05, 0) is 31.5 Å². The number of nitrogens with two attached hydrogens (primary N) is 1. The third-order valence-corrected chi connectivity index (χ3v) is 2.54. The van der Waals surface area contributed by atoms with E-state index in [0.29, 0.717) is 0 Å². The van der Waals surface area contributed by atoms with Gasteiger partial charge in [-0.15, -0.1) is 0 Å². The molecule has 0 saturated carbocycles. The summed E-state index contributed by atoms with van der Waals surface area (Å²) < 4.78 is 0. The lowest BCUT2D eigenvalue weighted by molar-refractivity contribution is -0.384. The predicted molar refractivity (Wildman–Crippen MR) is 69.1 cm³/mol. The number of nitro benzene ring substituents is 1. The van der Waals surface area contributed by atoms with Crippen LogP contribution in [0.15, 0.2) is 24.3 Å². The quantitative estimate of drug-likeness (QED) is 0.413. The van der Waals surface area contributed by atoms with E-state index in [2.05, 4.69) is 5.32 Å². The summed E-state index contributed by atoms with van der Waals surface area (Å²) >= 11 is 0. The highest BCUT2D eigenvalue weighted by atomic mass is 16.6. The minimum atomic E-state index is -0.392. The first kappa shape index (κ1) is 13.4. The first-order valence-electron chi connectivity index (χ1n) is 5.92. The van der Waals surface area contributed by atoms with E-state index in [4.69, 9.17) is 5.73 Å². The molecule has 0 aliphatic carbocycles. The Kier molecular flexibility index (Phi) is 6.03. The molecule has 3 N–H and O–H groups in total. The van der Waals surface area contributed by atoms with Crippen LogP contribution >= 0.6 is 0 Å². The minimum Gasteiger partial charge on any atom is -0.385 e. The van der Waals surface area contributed by atoms with Gasteiger partial charge in [-0.2, -0.15) is 0 Å². The molecule has 0 aromatic heterocycles. The summed E-state index contributed by atoms with van der Waals surface area (Å²) in [7, 11) is 0. The standard InChI is InChI=1S/C12H19N3O2/c13-9-3-1-2-4-10-14-11-5-7-12(8-6-11)15(16)17/h5-8,14H,1-4,9-10,13H2. The minimum absolute atomic E-state index is 0.124. The molecule has 0 fully saturated rings. The number of anilines is 1. The van der Waals surface area contributed by atoms with Crippen LogP contribution < -0.4 is 11.1 Å². The Labute approximate surface area is 101 Å². The molecule has 0 bridgehead atoms. The molecule has 0 spiro atoms. The van der Waals surface area contributed by atoms with E-state index in [1.807, 2.05) is 0 Å². The summed E-state index contributed by atoms with van der Waals surface area (Å²) in [4.78, 5) is 10.1. The van der Waals surface area contributed by atoms with Gasteiger partial charge in [0.1, 0.15) is 0 Å². The first-order valence-corrected chi connectivity index (χ1v) is 5.92. The Hall–Kier alpha value is -1.62. The number of nitrogens with one attached hydrogen (secondary N) is 1. The zero-order chi connectivity index (χ0) is 12.5. The fraction of sp³-hybridized carbons (Fsp3) is 0.500. The first-order chi connectivity index (χ1) is 8.24. The van der Waals surface area contributed by atoms with Crippen molar-refractivity contribution in [3.05, 3.63) is 34.4 Å². The molecule has 0 saturated heterocycles. The van der Waals surface area contributed by atoms with Crippen molar-refractivity contribution in [2.75, 3.05) is 18.4 Å². The molecule has 17 heavy (non-hydrogen) atoms. The van der Waals surface area contributed by atoms with E-state index in [-0.39, 0.29) is 5.69 Å². The molecule has 0 radical (unpaired) electrons. The van der Waals surface area contributed by atoms with Crippen molar-refractivity contribution in [3.63, 3.8) is 0 Å². The van der Waals surface area contributed by atoms with Crippen molar-refractivity contribution in [2.45, 2.75) is 25.7 Å². The number of nitrogens with zero attached hydrogens (tertiary/aromatic N) is 1. The van der Waals surface area contributed by atoms with E-state index in [9.17, 15) is 10.1 Å². The molecule has 1 aromatic carbocycles. The topological polar surface area (TPSA) is 81.2 Å². The van der Waals surface area contributed by atoms with Crippen molar-refractivity contribution in [1.82, 2.24) is 0 Å². The Bertz CT molecular complexity index is 338. The summed E-state index contributed by atoms with van der Waals surface area (Å²) in [6, 6.07) is 6.49. The molecule has 5 nitrogen and oxygen atoms in total. The van der Waals surface area contributed by atoms with E-state index < -0.39 is 4.92 Å². The van der Waals surface area contributed by atoms with Crippen LogP contribution in [0.1, 0.15) is 25.7 Å². The fourth-order valence-electron chi connectivity index (χ4n) is 1.56. The van der Waals surface area contributed by atoms with Crippen LogP contribution in [0.2, 0.25) is 0 Å². The van der Waals surface area contributed by atoms with Crippen LogP contribution in [-0.4, -0.2) is 18.0 Å². The van der Waals surface area contributed by atoms with Crippen molar-refractivity contribution in [3.8, 4) is 0 Å². The van der Waals surface area contributed by atoms with Gasteiger partial charge in [0.05, 0.1) is 4.92 Å². The normalized spacial score (nSPS) is 10.2. The largest absolute Gasteiger partial charge is 0.385 e. The molecular weight excluding hydrogens is 218 g/mol. The Morgan fingerprint density at radius 1 is 1.12 bits per heavy atom. The molecule has 5 heteroatoms. The summed E-state index contributed by atoms with van der Waals surface area (Å²) in [5.74, 6) is 0. The van der Waals surface area contributed by atoms with E-state index in [0.717, 1.165) is 38.0 Å². The molecular formula is C12H19N3O2. The van der Waals surface area contributed by atoms with Crippen molar-refractivity contribution < 1.29 is 4.92 Å². The second-order valence-corrected chi connectivity index (χ2v) is 3.93. The molecule has 0 atom stereocenters. The maximum atomic E-state index is 10.4. The molecule has 1 aromatic rings. The molecule has 0 aliphatic heterocycles. The zero-order valence-corrected chi connectivity index (χ0v) is 9.89. The Morgan fingerprint density at radius 2 is 1.76 bits per heavy atom. The molecule has 94 valence electrons. The number of nitro groups is 1. The Balaban J connectivity index is 2.21. The average molecular weight is 237 g/mol. The highest BCUT2D eigenvalue weighted by Gasteiger charge is 2.02. The summed E-state index contributed by atoms with van der Waals surface area (Å²) in [6.07, 6.45) is 4.50. The van der Waals surface area contributed by atoms with E-state index >= 15 is 0 Å². The molecule has 1 rings (SSSR count). The van der Waals surface area contributed by atoms with Crippen molar-refractivity contribution >= 4 is 11.4 Å². The lowest BCUT2D eigenvalue weighted by Gasteiger charge is -2.05. The van der Waals surface area contributed by atoms with Gasteiger partial charge >= 0.3 is 0 Å². The number of hydrogen-bond donors (Lipinski definition) is 2. The van der Waals surface area contributed by atoms with Crippen LogP contribution in [0, 0.1) is 10.1 Å². The molecule has 0 amide bonds. The number of benzene rings is 1. The van der Waals surface area contributed by atoms with Gasteiger partial charge in [-0.25, -0.2) is 0 Å². The van der Waals surface area contributed by atoms with Crippen LogP contribution in [0.5, 0.6) is 0 Å². The van der Waals surface area contributed by atoms with Crippen molar-refractivity contribution in [1.29, 1.82) is 0 Å².